The third-order valence-corrected chi connectivity index (χ3v) is 4.46. The van der Waals surface area contributed by atoms with Crippen molar-refractivity contribution in [1.82, 2.24) is 20.1 Å². The summed E-state index contributed by atoms with van der Waals surface area (Å²) in [5.41, 5.74) is 4.22. The number of benzene rings is 1. The monoisotopic (exact) mass is 334 g/mol. The Morgan fingerprint density at radius 2 is 2.08 bits per heavy atom. The highest BCUT2D eigenvalue weighted by Crippen LogP contribution is 2.23. The Hall–Kier alpha value is -2.50. The van der Waals surface area contributed by atoms with Crippen molar-refractivity contribution >= 4 is 0 Å². The van der Waals surface area contributed by atoms with Gasteiger partial charge in [0.05, 0.1) is 17.5 Å². The molecule has 0 amide bonds. The fraction of sp³-hybridized carbons (Fsp3) is 0.300. The third-order valence-electron chi connectivity index (χ3n) is 4.46. The summed E-state index contributed by atoms with van der Waals surface area (Å²) in [5, 5.41) is 8.33. The number of ether oxygens (including phenoxy) is 1. The van der Waals surface area contributed by atoms with Crippen LogP contribution in [0.1, 0.15) is 18.4 Å². The molecule has 25 heavy (non-hydrogen) atoms. The average molecular weight is 334 g/mol. The lowest BCUT2D eigenvalue weighted by molar-refractivity contribution is 0.110. The summed E-state index contributed by atoms with van der Waals surface area (Å²) in [4.78, 5) is 4.24. The van der Waals surface area contributed by atoms with Crippen LogP contribution in [0.25, 0.3) is 16.9 Å². The zero-order chi connectivity index (χ0) is 16.9. The van der Waals surface area contributed by atoms with Crippen molar-refractivity contribution in [1.29, 1.82) is 0 Å². The maximum absolute atomic E-state index is 5.69. The molecule has 5 heteroatoms. The molecule has 0 aliphatic carbocycles. The largest absolute Gasteiger partial charge is 0.377 e. The number of hydrogen-bond donors (Lipinski definition) is 1. The van der Waals surface area contributed by atoms with Crippen molar-refractivity contribution in [2.24, 2.45) is 0 Å². The van der Waals surface area contributed by atoms with Crippen molar-refractivity contribution in [2.75, 3.05) is 13.2 Å². The molecule has 5 nitrogen and oxygen atoms in total. The van der Waals surface area contributed by atoms with Gasteiger partial charge in [0.1, 0.15) is 0 Å². The average Bonchev–Trinajstić information content (AvgIpc) is 3.33. The Balaban J connectivity index is 1.58. The maximum Gasteiger partial charge on any atom is 0.0988 e. The summed E-state index contributed by atoms with van der Waals surface area (Å²) in [6.07, 6.45) is 8.39. The summed E-state index contributed by atoms with van der Waals surface area (Å²) in [5.74, 6) is 0. The first-order chi connectivity index (χ1) is 12.4. The molecule has 128 valence electrons. The third kappa shape index (κ3) is 3.78. The first kappa shape index (κ1) is 16.0. The van der Waals surface area contributed by atoms with E-state index in [1.54, 1.807) is 6.20 Å². The lowest BCUT2D eigenvalue weighted by atomic mass is 10.1. The van der Waals surface area contributed by atoms with Crippen LogP contribution >= 0.6 is 0 Å². The van der Waals surface area contributed by atoms with Gasteiger partial charge in [0.25, 0.3) is 0 Å². The Bertz CT molecular complexity index is 795. The van der Waals surface area contributed by atoms with Gasteiger partial charge < -0.3 is 10.1 Å². The second kappa shape index (κ2) is 7.59. The van der Waals surface area contributed by atoms with Gasteiger partial charge in [-0.2, -0.15) is 5.10 Å². The van der Waals surface area contributed by atoms with Crippen LogP contribution in [0.3, 0.4) is 0 Å². The number of hydrogen-bond acceptors (Lipinski definition) is 4. The standard InChI is InChI=1S/C20H22N4O/c1-2-7-18(8-3-1)24-15-17(13-22-14-19-9-5-11-25-19)20(23-24)16-6-4-10-21-12-16/h1-4,6-8,10,12,15,19,22H,5,9,11,13-14H2. The van der Waals surface area contributed by atoms with Gasteiger partial charge in [-0.05, 0) is 37.1 Å². The van der Waals surface area contributed by atoms with Crippen LogP contribution in [0.5, 0.6) is 0 Å². The minimum absolute atomic E-state index is 0.339. The maximum atomic E-state index is 5.69. The molecule has 0 bridgehead atoms. The van der Waals surface area contributed by atoms with E-state index >= 15 is 0 Å². The lowest BCUT2D eigenvalue weighted by Crippen LogP contribution is -2.25. The predicted octanol–water partition coefficient (Wildman–Crippen LogP) is 3.20. The van der Waals surface area contributed by atoms with Gasteiger partial charge in [-0.3, -0.25) is 4.98 Å². The summed E-state index contributed by atoms with van der Waals surface area (Å²) in [6, 6.07) is 14.2. The number of nitrogens with one attached hydrogen (secondary N) is 1. The molecule has 1 unspecified atom stereocenters. The van der Waals surface area contributed by atoms with Crippen LogP contribution in [-0.2, 0) is 11.3 Å². The van der Waals surface area contributed by atoms with Crippen LogP contribution < -0.4 is 5.32 Å². The van der Waals surface area contributed by atoms with Crippen molar-refractivity contribution in [3.8, 4) is 16.9 Å². The molecule has 1 aliphatic rings. The molecular weight excluding hydrogens is 312 g/mol. The smallest absolute Gasteiger partial charge is 0.0988 e. The van der Waals surface area contributed by atoms with Gasteiger partial charge in [-0.15, -0.1) is 0 Å². The first-order valence-electron chi connectivity index (χ1n) is 8.77. The predicted molar refractivity (Wildman–Crippen MR) is 97.5 cm³/mol. The van der Waals surface area contributed by atoms with Gasteiger partial charge in [0.2, 0.25) is 0 Å². The summed E-state index contributed by atoms with van der Waals surface area (Å²) < 4.78 is 7.62. The molecule has 1 atom stereocenters. The molecule has 1 fully saturated rings. The van der Waals surface area contributed by atoms with E-state index in [9.17, 15) is 0 Å². The van der Waals surface area contributed by atoms with E-state index in [1.165, 1.54) is 6.42 Å². The molecule has 0 saturated carbocycles. The number of pyridine rings is 1. The molecule has 0 radical (unpaired) electrons. The first-order valence-corrected chi connectivity index (χ1v) is 8.77. The highest BCUT2D eigenvalue weighted by Gasteiger charge is 2.16. The zero-order valence-corrected chi connectivity index (χ0v) is 14.1. The number of rotatable bonds is 6. The fourth-order valence-corrected chi connectivity index (χ4v) is 3.17. The van der Waals surface area contributed by atoms with Crippen LogP contribution in [0.2, 0.25) is 0 Å². The zero-order valence-electron chi connectivity index (χ0n) is 14.1. The molecule has 1 saturated heterocycles. The molecule has 0 spiro atoms. The van der Waals surface area contributed by atoms with E-state index in [4.69, 9.17) is 9.84 Å². The highest BCUT2D eigenvalue weighted by molar-refractivity contribution is 5.62. The van der Waals surface area contributed by atoms with Gasteiger partial charge in [-0.1, -0.05) is 18.2 Å². The Morgan fingerprint density at radius 1 is 1.16 bits per heavy atom. The molecule has 3 aromatic rings. The Labute approximate surface area is 147 Å². The minimum atomic E-state index is 0.339. The van der Waals surface area contributed by atoms with Gasteiger partial charge in [0, 0.05) is 49.4 Å². The highest BCUT2D eigenvalue weighted by atomic mass is 16.5. The summed E-state index contributed by atoms with van der Waals surface area (Å²) >= 11 is 0. The van der Waals surface area contributed by atoms with Crippen molar-refractivity contribution in [3.63, 3.8) is 0 Å². The molecular formula is C20H22N4O. The normalized spacial score (nSPS) is 17.0. The molecule has 4 rings (SSSR count). The topological polar surface area (TPSA) is 52.0 Å². The van der Waals surface area contributed by atoms with Crippen LogP contribution in [-0.4, -0.2) is 34.0 Å². The van der Waals surface area contributed by atoms with Crippen molar-refractivity contribution < 1.29 is 4.74 Å². The molecule has 3 heterocycles. The van der Waals surface area contributed by atoms with E-state index < -0.39 is 0 Å². The van der Waals surface area contributed by atoms with E-state index in [1.807, 2.05) is 41.2 Å². The van der Waals surface area contributed by atoms with Gasteiger partial charge in [-0.25, -0.2) is 4.68 Å². The minimum Gasteiger partial charge on any atom is -0.377 e. The summed E-state index contributed by atoms with van der Waals surface area (Å²) in [7, 11) is 0. The number of para-hydroxylation sites is 1. The van der Waals surface area contributed by atoms with E-state index in [0.717, 1.165) is 48.6 Å². The second-order valence-electron chi connectivity index (χ2n) is 6.29. The Kier molecular flexibility index (Phi) is 4.86. The van der Waals surface area contributed by atoms with E-state index in [0.29, 0.717) is 6.10 Å². The molecule has 1 aliphatic heterocycles. The van der Waals surface area contributed by atoms with Crippen molar-refractivity contribution in [2.45, 2.75) is 25.5 Å². The summed E-state index contributed by atoms with van der Waals surface area (Å²) in [6.45, 7) is 2.53. The van der Waals surface area contributed by atoms with Gasteiger partial charge >= 0.3 is 0 Å². The second-order valence-corrected chi connectivity index (χ2v) is 6.29. The lowest BCUT2D eigenvalue weighted by Gasteiger charge is -2.10. The SMILES string of the molecule is c1ccc(-n2cc(CNCC3CCCO3)c(-c3cccnc3)n2)cc1. The van der Waals surface area contributed by atoms with E-state index in [2.05, 4.69) is 28.6 Å². The van der Waals surface area contributed by atoms with E-state index in [-0.39, 0.29) is 0 Å². The molecule has 2 aromatic heterocycles. The Morgan fingerprint density at radius 3 is 2.84 bits per heavy atom. The van der Waals surface area contributed by atoms with Gasteiger partial charge in [0.15, 0.2) is 0 Å². The fourth-order valence-electron chi connectivity index (χ4n) is 3.17. The van der Waals surface area contributed by atoms with Crippen molar-refractivity contribution in [3.05, 3.63) is 66.6 Å². The number of nitrogens with zero attached hydrogens (tertiary/aromatic N) is 3. The quantitative estimate of drug-likeness (QED) is 0.752. The van der Waals surface area contributed by atoms with Crippen LogP contribution in [0, 0.1) is 0 Å². The van der Waals surface area contributed by atoms with Crippen LogP contribution in [0.4, 0.5) is 0 Å². The molecule has 1 N–H and O–H groups in total. The van der Waals surface area contributed by atoms with Crippen LogP contribution in [0.15, 0.2) is 61.1 Å². The number of aromatic nitrogens is 3. The molecule has 1 aromatic carbocycles.